The van der Waals surface area contributed by atoms with Gasteiger partial charge in [-0.2, -0.15) is 0 Å². The lowest BCUT2D eigenvalue weighted by atomic mass is 9.99. The molecule has 0 atom stereocenters. The SMILES string of the molecule is C(#Cc1nc(-c2ccccc2)cc(-c2ccccc2)n1)c1ccc2c(c1)c1ccccc1n2-c1ccc(-c2cccc3oc4ccccc4c23)cc1. The zero-order valence-corrected chi connectivity index (χ0v) is 28.0. The van der Waals surface area contributed by atoms with Crippen molar-refractivity contribution in [3.8, 4) is 51.2 Å². The summed E-state index contributed by atoms with van der Waals surface area (Å²) in [6.07, 6.45) is 0. The third-order valence-corrected chi connectivity index (χ3v) is 9.70. The number of hydrogen-bond acceptors (Lipinski definition) is 3. The maximum absolute atomic E-state index is 6.17. The number of benzene rings is 7. The highest BCUT2D eigenvalue weighted by Gasteiger charge is 2.15. The smallest absolute Gasteiger partial charge is 0.206 e. The Morgan fingerprint density at radius 1 is 0.442 bits per heavy atom. The number of rotatable bonds is 4. The minimum Gasteiger partial charge on any atom is -0.456 e. The number of fused-ring (bicyclic) bond motifs is 6. The molecular weight excluding hydrogens is 635 g/mol. The lowest BCUT2D eigenvalue weighted by molar-refractivity contribution is 0.669. The van der Waals surface area contributed by atoms with E-state index in [2.05, 4.69) is 132 Å². The van der Waals surface area contributed by atoms with Crippen LogP contribution in [0.4, 0.5) is 0 Å². The summed E-state index contributed by atoms with van der Waals surface area (Å²) in [5.74, 6) is 7.16. The average Bonchev–Trinajstić information content (AvgIpc) is 3.76. The second-order valence-corrected chi connectivity index (χ2v) is 12.9. The van der Waals surface area contributed by atoms with E-state index < -0.39 is 0 Å². The molecule has 3 aromatic heterocycles. The predicted octanol–water partition coefficient (Wildman–Crippen LogP) is 11.9. The van der Waals surface area contributed by atoms with Crippen LogP contribution in [-0.4, -0.2) is 14.5 Å². The number of para-hydroxylation sites is 2. The minimum absolute atomic E-state index is 0.488. The fourth-order valence-corrected chi connectivity index (χ4v) is 7.28. The normalized spacial score (nSPS) is 11.3. The Hall–Kier alpha value is -7.22. The molecule has 10 rings (SSSR count). The first-order chi connectivity index (χ1) is 25.8. The lowest BCUT2D eigenvalue weighted by Gasteiger charge is -2.10. The van der Waals surface area contributed by atoms with Crippen LogP contribution in [0.2, 0.25) is 0 Å². The van der Waals surface area contributed by atoms with Crippen LogP contribution in [0.15, 0.2) is 180 Å². The third kappa shape index (κ3) is 5.12. The summed E-state index contributed by atoms with van der Waals surface area (Å²) in [6, 6.07) is 60.7. The molecule has 10 aromatic rings. The Balaban J connectivity index is 1.05. The van der Waals surface area contributed by atoms with Gasteiger partial charge in [0.15, 0.2) is 0 Å². The van der Waals surface area contributed by atoms with Crippen molar-refractivity contribution in [2.45, 2.75) is 0 Å². The zero-order chi connectivity index (χ0) is 34.4. The summed E-state index contributed by atoms with van der Waals surface area (Å²) >= 11 is 0. The lowest BCUT2D eigenvalue weighted by Crippen LogP contribution is -1.96. The summed E-state index contributed by atoms with van der Waals surface area (Å²) in [6.45, 7) is 0. The van der Waals surface area contributed by atoms with Gasteiger partial charge in [-0.25, -0.2) is 9.97 Å². The molecule has 0 radical (unpaired) electrons. The Morgan fingerprint density at radius 3 is 1.83 bits per heavy atom. The van der Waals surface area contributed by atoms with Crippen molar-refractivity contribution in [3.05, 3.63) is 187 Å². The number of hydrogen-bond donors (Lipinski definition) is 0. The minimum atomic E-state index is 0.488. The van der Waals surface area contributed by atoms with E-state index in [1.54, 1.807) is 0 Å². The molecular formula is C48H29N3O. The standard InChI is InChI=1S/C48H29N3O/c1-3-12-34(13-4-1)41-31-42(35-14-5-2-6-15-35)50-47(49-41)29-23-32-22-28-44-40(30-32)38-16-7-9-19-43(38)51(44)36-26-24-33(25-27-36)37-18-11-21-46-48(37)39-17-8-10-20-45(39)52-46/h1-22,24-28,30-31H. The number of nitrogens with zero attached hydrogens (tertiary/aromatic N) is 3. The van der Waals surface area contributed by atoms with E-state index in [-0.39, 0.29) is 0 Å². The molecule has 3 heterocycles. The van der Waals surface area contributed by atoms with E-state index in [9.17, 15) is 0 Å². The topological polar surface area (TPSA) is 43.9 Å². The molecule has 0 aliphatic rings. The maximum Gasteiger partial charge on any atom is 0.206 e. The van der Waals surface area contributed by atoms with Crippen LogP contribution in [0.3, 0.4) is 0 Å². The second-order valence-electron chi connectivity index (χ2n) is 12.9. The van der Waals surface area contributed by atoms with E-state index >= 15 is 0 Å². The summed E-state index contributed by atoms with van der Waals surface area (Å²) in [5, 5.41) is 4.59. The highest BCUT2D eigenvalue weighted by atomic mass is 16.3. The van der Waals surface area contributed by atoms with Gasteiger partial charge in [-0.05, 0) is 71.6 Å². The Bertz CT molecular complexity index is 2940. The summed E-state index contributed by atoms with van der Waals surface area (Å²) < 4.78 is 8.50. The van der Waals surface area contributed by atoms with Crippen molar-refractivity contribution >= 4 is 43.7 Å². The van der Waals surface area contributed by atoms with E-state index in [1.807, 2.05) is 60.7 Å². The van der Waals surface area contributed by atoms with Crippen molar-refractivity contribution in [3.63, 3.8) is 0 Å². The highest BCUT2D eigenvalue weighted by molar-refractivity contribution is 6.12. The predicted molar refractivity (Wildman–Crippen MR) is 212 cm³/mol. The van der Waals surface area contributed by atoms with Crippen molar-refractivity contribution in [2.75, 3.05) is 0 Å². The van der Waals surface area contributed by atoms with Gasteiger partial charge in [0.1, 0.15) is 11.2 Å². The van der Waals surface area contributed by atoms with Crippen LogP contribution in [0.1, 0.15) is 11.4 Å². The van der Waals surface area contributed by atoms with Gasteiger partial charge < -0.3 is 8.98 Å². The van der Waals surface area contributed by atoms with Gasteiger partial charge in [0.25, 0.3) is 0 Å². The van der Waals surface area contributed by atoms with Gasteiger partial charge in [0.2, 0.25) is 5.82 Å². The third-order valence-electron chi connectivity index (χ3n) is 9.70. The van der Waals surface area contributed by atoms with Crippen molar-refractivity contribution < 1.29 is 4.42 Å². The van der Waals surface area contributed by atoms with E-state index in [0.717, 1.165) is 83.3 Å². The van der Waals surface area contributed by atoms with Gasteiger partial charge in [0, 0.05) is 43.9 Å². The molecule has 0 saturated carbocycles. The van der Waals surface area contributed by atoms with Crippen LogP contribution in [0, 0.1) is 11.8 Å². The quantitative estimate of drug-likeness (QED) is 0.176. The van der Waals surface area contributed by atoms with Crippen LogP contribution < -0.4 is 0 Å². The molecule has 7 aromatic carbocycles. The van der Waals surface area contributed by atoms with Gasteiger partial charge >= 0.3 is 0 Å². The molecule has 0 fully saturated rings. The van der Waals surface area contributed by atoms with Crippen LogP contribution in [0.5, 0.6) is 0 Å². The van der Waals surface area contributed by atoms with E-state index in [0.29, 0.717) is 5.82 Å². The molecule has 0 N–H and O–H groups in total. The van der Waals surface area contributed by atoms with E-state index in [1.165, 1.54) is 5.39 Å². The first-order valence-corrected chi connectivity index (χ1v) is 17.3. The Morgan fingerprint density at radius 2 is 1.08 bits per heavy atom. The number of furan rings is 1. The van der Waals surface area contributed by atoms with Crippen LogP contribution in [-0.2, 0) is 0 Å². The molecule has 0 spiro atoms. The molecule has 4 nitrogen and oxygen atoms in total. The van der Waals surface area contributed by atoms with Crippen molar-refractivity contribution in [1.82, 2.24) is 14.5 Å². The van der Waals surface area contributed by atoms with Gasteiger partial charge in [-0.1, -0.05) is 127 Å². The van der Waals surface area contributed by atoms with E-state index in [4.69, 9.17) is 14.4 Å². The first-order valence-electron chi connectivity index (χ1n) is 17.3. The van der Waals surface area contributed by atoms with Crippen LogP contribution >= 0.6 is 0 Å². The number of aromatic nitrogens is 3. The highest BCUT2D eigenvalue weighted by Crippen LogP contribution is 2.38. The summed E-state index contributed by atoms with van der Waals surface area (Å²) in [4.78, 5) is 9.73. The molecule has 0 saturated heterocycles. The summed E-state index contributed by atoms with van der Waals surface area (Å²) in [7, 11) is 0. The largest absolute Gasteiger partial charge is 0.456 e. The molecule has 52 heavy (non-hydrogen) atoms. The molecule has 0 amide bonds. The van der Waals surface area contributed by atoms with Crippen molar-refractivity contribution in [1.29, 1.82) is 0 Å². The maximum atomic E-state index is 6.17. The molecule has 0 bridgehead atoms. The Labute approximate surface area is 300 Å². The average molecular weight is 664 g/mol. The molecule has 4 heteroatoms. The van der Waals surface area contributed by atoms with Crippen LogP contribution in [0.25, 0.3) is 83.1 Å². The molecule has 0 aliphatic carbocycles. The second kappa shape index (κ2) is 12.3. The summed E-state index contributed by atoms with van der Waals surface area (Å²) in [5.41, 5.74) is 12.1. The van der Waals surface area contributed by atoms with Gasteiger partial charge in [0.05, 0.1) is 22.4 Å². The monoisotopic (exact) mass is 663 g/mol. The van der Waals surface area contributed by atoms with Crippen molar-refractivity contribution in [2.24, 2.45) is 0 Å². The molecule has 242 valence electrons. The fourth-order valence-electron chi connectivity index (χ4n) is 7.28. The van der Waals surface area contributed by atoms with Gasteiger partial charge in [-0.15, -0.1) is 0 Å². The molecule has 0 aliphatic heterocycles. The molecule has 0 unspecified atom stereocenters. The first kappa shape index (κ1) is 29.7. The van der Waals surface area contributed by atoms with Gasteiger partial charge in [-0.3, -0.25) is 0 Å². The Kier molecular flexibility index (Phi) is 7.01. The zero-order valence-electron chi connectivity index (χ0n) is 28.0. The fraction of sp³-hybridized carbons (Fsp3) is 0.